The second-order valence-corrected chi connectivity index (χ2v) is 5.65. The Morgan fingerprint density at radius 3 is 2.62 bits per heavy atom. The first-order valence-corrected chi connectivity index (χ1v) is 7.11. The molecule has 3 N–H and O–H groups in total. The van der Waals surface area contributed by atoms with Gasteiger partial charge in [-0.25, -0.2) is 13.6 Å². The van der Waals surface area contributed by atoms with E-state index in [4.69, 9.17) is 0 Å². The Labute approximate surface area is 122 Å². The van der Waals surface area contributed by atoms with Crippen molar-refractivity contribution < 1.29 is 18.7 Å². The van der Waals surface area contributed by atoms with Crippen LogP contribution >= 0.6 is 0 Å². The molecular formula is C15H20F2N2O2. The molecule has 116 valence electrons. The number of urea groups is 1. The Balaban J connectivity index is 1.85. The molecule has 1 aliphatic carbocycles. The summed E-state index contributed by atoms with van der Waals surface area (Å²) in [7, 11) is 0. The normalized spacial score (nSPS) is 18.3. The summed E-state index contributed by atoms with van der Waals surface area (Å²) < 4.78 is 26.0. The molecule has 2 rings (SSSR count). The molecule has 0 spiro atoms. The van der Waals surface area contributed by atoms with Crippen LogP contribution in [0.3, 0.4) is 0 Å². The van der Waals surface area contributed by atoms with Gasteiger partial charge in [0.1, 0.15) is 0 Å². The lowest BCUT2D eigenvalue weighted by Crippen LogP contribution is -2.45. The molecule has 1 aromatic carbocycles. The maximum absolute atomic E-state index is 13.1. The van der Waals surface area contributed by atoms with Gasteiger partial charge in [-0.15, -0.1) is 0 Å². The van der Waals surface area contributed by atoms with Crippen LogP contribution in [0.2, 0.25) is 0 Å². The van der Waals surface area contributed by atoms with E-state index in [1.54, 1.807) is 6.92 Å². The van der Waals surface area contributed by atoms with Gasteiger partial charge in [-0.05, 0) is 37.5 Å². The first-order valence-electron chi connectivity index (χ1n) is 7.11. The van der Waals surface area contributed by atoms with Gasteiger partial charge in [0.05, 0.1) is 11.6 Å². The Kier molecular flexibility index (Phi) is 4.77. The molecule has 4 nitrogen and oxygen atoms in total. The predicted molar refractivity (Wildman–Crippen MR) is 74.7 cm³/mol. The molecule has 0 bridgehead atoms. The van der Waals surface area contributed by atoms with E-state index in [1.807, 2.05) is 0 Å². The van der Waals surface area contributed by atoms with Crippen LogP contribution in [-0.4, -0.2) is 23.3 Å². The molecule has 2 amide bonds. The van der Waals surface area contributed by atoms with Gasteiger partial charge in [0.15, 0.2) is 11.6 Å². The maximum Gasteiger partial charge on any atom is 0.315 e. The number of amides is 2. The van der Waals surface area contributed by atoms with Gasteiger partial charge >= 0.3 is 6.03 Å². The number of halogens is 2. The molecule has 0 aromatic heterocycles. The van der Waals surface area contributed by atoms with Gasteiger partial charge in [0.2, 0.25) is 0 Å². The lowest BCUT2D eigenvalue weighted by atomic mass is 10.0. The van der Waals surface area contributed by atoms with Gasteiger partial charge < -0.3 is 15.7 Å². The van der Waals surface area contributed by atoms with Gasteiger partial charge in [0, 0.05) is 6.54 Å². The van der Waals surface area contributed by atoms with Crippen molar-refractivity contribution in [3.63, 3.8) is 0 Å². The zero-order chi connectivity index (χ0) is 15.5. The van der Waals surface area contributed by atoms with Crippen LogP contribution in [0, 0.1) is 11.6 Å². The van der Waals surface area contributed by atoms with E-state index in [1.165, 1.54) is 6.07 Å². The summed E-state index contributed by atoms with van der Waals surface area (Å²) in [6.45, 7) is 1.87. The minimum Gasteiger partial charge on any atom is -0.388 e. The van der Waals surface area contributed by atoms with Crippen LogP contribution in [0.4, 0.5) is 13.6 Å². The van der Waals surface area contributed by atoms with Crippen molar-refractivity contribution in [2.45, 2.75) is 44.2 Å². The zero-order valence-electron chi connectivity index (χ0n) is 12.0. The van der Waals surface area contributed by atoms with Gasteiger partial charge in [-0.3, -0.25) is 0 Å². The number of aliphatic hydroxyl groups is 1. The van der Waals surface area contributed by atoms with Crippen molar-refractivity contribution in [1.82, 2.24) is 10.6 Å². The minimum atomic E-state index is -0.943. The number of rotatable bonds is 4. The van der Waals surface area contributed by atoms with E-state index in [-0.39, 0.29) is 6.54 Å². The number of nitrogens with one attached hydrogen (secondary N) is 2. The van der Waals surface area contributed by atoms with E-state index < -0.39 is 29.3 Å². The molecule has 0 saturated heterocycles. The molecule has 0 heterocycles. The Hall–Kier alpha value is -1.69. The van der Waals surface area contributed by atoms with E-state index in [0.29, 0.717) is 18.4 Å². The molecule has 0 aliphatic heterocycles. The highest BCUT2D eigenvalue weighted by Gasteiger charge is 2.31. The fraction of sp³-hybridized carbons (Fsp3) is 0.533. The van der Waals surface area contributed by atoms with Crippen molar-refractivity contribution in [2.75, 3.05) is 6.54 Å². The summed E-state index contributed by atoms with van der Waals surface area (Å²) in [6, 6.07) is 2.62. The first kappa shape index (κ1) is 15.7. The number of carbonyl (C=O) groups is 1. The topological polar surface area (TPSA) is 61.4 Å². The Bertz CT molecular complexity index is 516. The minimum absolute atomic E-state index is 0.198. The monoisotopic (exact) mass is 298 g/mol. The van der Waals surface area contributed by atoms with E-state index in [9.17, 15) is 18.7 Å². The molecular weight excluding hydrogens is 278 g/mol. The highest BCUT2D eigenvalue weighted by Crippen LogP contribution is 2.28. The van der Waals surface area contributed by atoms with Gasteiger partial charge in [-0.1, -0.05) is 18.9 Å². The number of carbonyl (C=O) groups excluding carboxylic acids is 1. The first-order chi connectivity index (χ1) is 9.89. The highest BCUT2D eigenvalue weighted by atomic mass is 19.2. The molecule has 1 unspecified atom stereocenters. The molecule has 1 fully saturated rings. The number of benzene rings is 1. The number of hydrogen-bond acceptors (Lipinski definition) is 2. The predicted octanol–water partition coefficient (Wildman–Crippen LogP) is 2.63. The lowest BCUT2D eigenvalue weighted by molar-refractivity contribution is 0.0500. The molecule has 6 heteroatoms. The lowest BCUT2D eigenvalue weighted by Gasteiger charge is -2.23. The van der Waals surface area contributed by atoms with Crippen LogP contribution in [0.15, 0.2) is 18.2 Å². The Morgan fingerprint density at radius 2 is 2.00 bits per heavy atom. The largest absolute Gasteiger partial charge is 0.388 e. The fourth-order valence-electron chi connectivity index (χ4n) is 2.57. The van der Waals surface area contributed by atoms with Crippen molar-refractivity contribution in [2.24, 2.45) is 0 Å². The fourth-order valence-corrected chi connectivity index (χ4v) is 2.57. The maximum atomic E-state index is 13.1. The summed E-state index contributed by atoms with van der Waals surface area (Å²) in [6.07, 6.45) is 3.30. The van der Waals surface area contributed by atoms with Crippen LogP contribution in [0.25, 0.3) is 0 Å². The molecule has 1 aromatic rings. The van der Waals surface area contributed by atoms with Gasteiger partial charge in [0.25, 0.3) is 0 Å². The summed E-state index contributed by atoms with van der Waals surface area (Å²) >= 11 is 0. The molecule has 21 heavy (non-hydrogen) atoms. The third-order valence-corrected chi connectivity index (χ3v) is 3.90. The van der Waals surface area contributed by atoms with Crippen molar-refractivity contribution in [3.8, 4) is 0 Å². The molecule has 1 saturated carbocycles. The molecule has 0 radical (unpaired) electrons. The van der Waals surface area contributed by atoms with Crippen LogP contribution in [0.1, 0.15) is 44.2 Å². The molecule has 1 aliphatic rings. The Morgan fingerprint density at radius 1 is 1.33 bits per heavy atom. The summed E-state index contributed by atoms with van der Waals surface area (Å²) in [5.41, 5.74) is -0.341. The van der Waals surface area contributed by atoms with Gasteiger partial charge in [-0.2, -0.15) is 0 Å². The average Bonchev–Trinajstić information content (AvgIpc) is 2.87. The zero-order valence-corrected chi connectivity index (χ0v) is 12.0. The summed E-state index contributed by atoms with van der Waals surface area (Å²) in [5.74, 6) is -1.86. The third-order valence-electron chi connectivity index (χ3n) is 3.90. The summed E-state index contributed by atoms with van der Waals surface area (Å²) in [4.78, 5) is 11.8. The van der Waals surface area contributed by atoms with Crippen LogP contribution < -0.4 is 10.6 Å². The quantitative estimate of drug-likeness (QED) is 0.800. The highest BCUT2D eigenvalue weighted by molar-refractivity contribution is 5.74. The average molecular weight is 298 g/mol. The van der Waals surface area contributed by atoms with E-state index in [2.05, 4.69) is 10.6 Å². The van der Waals surface area contributed by atoms with Crippen LogP contribution in [0.5, 0.6) is 0 Å². The van der Waals surface area contributed by atoms with E-state index in [0.717, 1.165) is 25.0 Å². The van der Waals surface area contributed by atoms with Crippen molar-refractivity contribution in [1.29, 1.82) is 0 Å². The third kappa shape index (κ3) is 4.14. The van der Waals surface area contributed by atoms with Crippen molar-refractivity contribution in [3.05, 3.63) is 35.4 Å². The SMILES string of the molecule is CC(NC(=O)NCC1(O)CCCC1)c1ccc(F)c(F)c1. The standard InChI is InChI=1S/C15H20F2N2O2/c1-10(11-4-5-12(16)13(17)8-11)19-14(20)18-9-15(21)6-2-3-7-15/h4-5,8,10,21H,2-3,6-7,9H2,1H3,(H2,18,19,20). The van der Waals surface area contributed by atoms with Crippen LogP contribution in [-0.2, 0) is 0 Å². The molecule has 1 atom stereocenters. The summed E-state index contributed by atoms with van der Waals surface area (Å²) in [5, 5.41) is 15.4. The van der Waals surface area contributed by atoms with E-state index >= 15 is 0 Å². The number of hydrogen-bond donors (Lipinski definition) is 3. The second-order valence-electron chi connectivity index (χ2n) is 5.65. The smallest absolute Gasteiger partial charge is 0.315 e. The van der Waals surface area contributed by atoms with Crippen molar-refractivity contribution >= 4 is 6.03 Å². The second kappa shape index (κ2) is 6.39.